The van der Waals surface area contributed by atoms with Gasteiger partial charge in [0.2, 0.25) is 5.91 Å². The van der Waals surface area contributed by atoms with E-state index in [9.17, 15) is 4.79 Å². The van der Waals surface area contributed by atoms with Gasteiger partial charge in [-0.2, -0.15) is 0 Å². The summed E-state index contributed by atoms with van der Waals surface area (Å²) in [5, 5.41) is 0. The summed E-state index contributed by atoms with van der Waals surface area (Å²) in [5.41, 5.74) is 0.687. The minimum atomic E-state index is -0.429. The number of carbonyl (C=O) groups excluding carboxylic acids is 1. The van der Waals surface area contributed by atoms with E-state index >= 15 is 0 Å². The summed E-state index contributed by atoms with van der Waals surface area (Å²) in [6.07, 6.45) is 4.55. The van der Waals surface area contributed by atoms with E-state index in [1.165, 1.54) is 12.8 Å². The predicted molar refractivity (Wildman–Crippen MR) is 85.1 cm³/mol. The van der Waals surface area contributed by atoms with E-state index in [1.807, 2.05) is 18.2 Å². The van der Waals surface area contributed by atoms with Crippen LogP contribution in [0, 0.1) is 0 Å². The van der Waals surface area contributed by atoms with Crippen molar-refractivity contribution in [2.45, 2.75) is 61.9 Å². The molecule has 0 aliphatic carbocycles. The first-order valence-corrected chi connectivity index (χ1v) is 8.44. The Hall–Kier alpha value is -0.830. The molecule has 2 bridgehead atoms. The third-order valence-corrected chi connectivity index (χ3v) is 5.69. The van der Waals surface area contributed by atoms with Crippen molar-refractivity contribution in [3.05, 3.63) is 35.9 Å². The summed E-state index contributed by atoms with van der Waals surface area (Å²) in [7, 11) is 0. The standard InChI is InChI=1S/C17H22BrNO/c1-17(2,12-6-4-3-5-7-12)16(20)19-14-8-9-15(19)11-13(18)10-14/h3-7,13-15H,8-11H2,1-2H3. The van der Waals surface area contributed by atoms with Crippen molar-refractivity contribution in [2.24, 2.45) is 0 Å². The molecule has 0 spiro atoms. The van der Waals surface area contributed by atoms with Crippen LogP contribution in [-0.2, 0) is 10.2 Å². The first kappa shape index (κ1) is 14.1. The Kier molecular flexibility index (Phi) is 3.65. The molecule has 0 saturated carbocycles. The SMILES string of the molecule is CC(C)(C(=O)N1C2CCC1CC(Br)C2)c1ccccc1. The largest absolute Gasteiger partial charge is 0.336 e. The van der Waals surface area contributed by atoms with Gasteiger partial charge < -0.3 is 4.90 Å². The fraction of sp³-hybridized carbons (Fsp3) is 0.588. The molecule has 2 saturated heterocycles. The lowest BCUT2D eigenvalue weighted by Crippen LogP contribution is -2.52. The van der Waals surface area contributed by atoms with Crippen LogP contribution in [0.4, 0.5) is 0 Å². The van der Waals surface area contributed by atoms with Crippen LogP contribution in [0.3, 0.4) is 0 Å². The van der Waals surface area contributed by atoms with Gasteiger partial charge in [0.25, 0.3) is 0 Å². The number of hydrogen-bond acceptors (Lipinski definition) is 1. The summed E-state index contributed by atoms with van der Waals surface area (Å²) >= 11 is 3.74. The zero-order valence-electron chi connectivity index (χ0n) is 12.2. The van der Waals surface area contributed by atoms with Crippen molar-refractivity contribution in [3.63, 3.8) is 0 Å². The second-order valence-corrected chi connectivity index (χ2v) is 7.95. The Morgan fingerprint density at radius 1 is 1.15 bits per heavy atom. The Labute approximate surface area is 129 Å². The van der Waals surface area contributed by atoms with Gasteiger partial charge in [-0.3, -0.25) is 4.79 Å². The quantitative estimate of drug-likeness (QED) is 0.751. The van der Waals surface area contributed by atoms with Crippen LogP contribution >= 0.6 is 15.9 Å². The van der Waals surface area contributed by atoms with E-state index in [4.69, 9.17) is 0 Å². The molecule has 3 rings (SSSR count). The number of alkyl halides is 1. The lowest BCUT2D eigenvalue weighted by Gasteiger charge is -2.41. The summed E-state index contributed by atoms with van der Waals surface area (Å²) in [6, 6.07) is 11.0. The van der Waals surface area contributed by atoms with Crippen molar-refractivity contribution in [1.82, 2.24) is 4.90 Å². The molecule has 2 aliphatic heterocycles. The topological polar surface area (TPSA) is 20.3 Å². The van der Waals surface area contributed by atoms with Gasteiger partial charge >= 0.3 is 0 Å². The highest BCUT2D eigenvalue weighted by atomic mass is 79.9. The average Bonchev–Trinajstić information content (AvgIpc) is 2.70. The number of rotatable bonds is 2. The van der Waals surface area contributed by atoms with Gasteiger partial charge in [0.05, 0.1) is 5.41 Å². The molecular formula is C17H22BrNO. The van der Waals surface area contributed by atoms with Gasteiger partial charge in [0.15, 0.2) is 0 Å². The van der Waals surface area contributed by atoms with Crippen LogP contribution in [0.15, 0.2) is 30.3 Å². The summed E-state index contributed by atoms with van der Waals surface area (Å²) in [4.78, 5) is 15.9. The Bertz CT molecular complexity index is 485. The van der Waals surface area contributed by atoms with Crippen molar-refractivity contribution in [2.75, 3.05) is 0 Å². The molecule has 0 aromatic heterocycles. The second-order valence-electron chi connectivity index (χ2n) is 6.66. The summed E-state index contributed by atoms with van der Waals surface area (Å²) < 4.78 is 0. The molecular weight excluding hydrogens is 314 g/mol. The van der Waals surface area contributed by atoms with Crippen LogP contribution in [0.5, 0.6) is 0 Å². The number of fused-ring (bicyclic) bond motifs is 2. The van der Waals surface area contributed by atoms with Crippen molar-refractivity contribution < 1.29 is 4.79 Å². The highest BCUT2D eigenvalue weighted by Gasteiger charge is 2.46. The molecule has 1 amide bonds. The maximum absolute atomic E-state index is 13.1. The molecule has 2 atom stereocenters. The fourth-order valence-electron chi connectivity index (χ4n) is 3.74. The normalized spacial score (nSPS) is 29.6. The first-order valence-electron chi connectivity index (χ1n) is 7.52. The zero-order valence-corrected chi connectivity index (χ0v) is 13.8. The fourth-order valence-corrected chi connectivity index (χ4v) is 4.61. The highest BCUT2D eigenvalue weighted by Crippen LogP contribution is 2.41. The molecule has 20 heavy (non-hydrogen) atoms. The van der Waals surface area contributed by atoms with Crippen LogP contribution < -0.4 is 0 Å². The third kappa shape index (κ3) is 2.30. The van der Waals surface area contributed by atoms with E-state index in [-0.39, 0.29) is 0 Å². The van der Waals surface area contributed by atoms with Crippen molar-refractivity contribution >= 4 is 21.8 Å². The maximum atomic E-state index is 13.1. The van der Waals surface area contributed by atoms with Gasteiger partial charge in [-0.1, -0.05) is 46.3 Å². The highest BCUT2D eigenvalue weighted by molar-refractivity contribution is 9.09. The predicted octanol–water partition coefficient (Wildman–Crippen LogP) is 3.88. The molecule has 2 nitrogen and oxygen atoms in total. The number of carbonyl (C=O) groups is 1. The van der Waals surface area contributed by atoms with E-state index in [0.29, 0.717) is 22.8 Å². The molecule has 1 aromatic rings. The number of piperidine rings is 1. The molecule has 2 aliphatic rings. The van der Waals surface area contributed by atoms with Crippen molar-refractivity contribution in [1.29, 1.82) is 0 Å². The summed E-state index contributed by atoms with van der Waals surface area (Å²) in [5.74, 6) is 0.301. The summed E-state index contributed by atoms with van der Waals surface area (Å²) in [6.45, 7) is 4.12. The second kappa shape index (κ2) is 5.18. The van der Waals surface area contributed by atoms with Gasteiger partial charge in [-0.25, -0.2) is 0 Å². The Morgan fingerprint density at radius 2 is 1.70 bits per heavy atom. The number of hydrogen-bond donors (Lipinski definition) is 0. The van der Waals surface area contributed by atoms with E-state index < -0.39 is 5.41 Å². The smallest absolute Gasteiger partial charge is 0.233 e. The molecule has 2 unspecified atom stereocenters. The van der Waals surface area contributed by atoms with Crippen LogP contribution in [0.25, 0.3) is 0 Å². The number of nitrogens with zero attached hydrogens (tertiary/aromatic N) is 1. The molecule has 0 N–H and O–H groups in total. The zero-order chi connectivity index (χ0) is 14.3. The average molecular weight is 336 g/mol. The van der Waals surface area contributed by atoms with E-state index in [2.05, 4.69) is 46.8 Å². The lowest BCUT2D eigenvalue weighted by molar-refractivity contribution is -0.140. The van der Waals surface area contributed by atoms with Crippen molar-refractivity contribution in [3.8, 4) is 0 Å². The van der Waals surface area contributed by atoms with Gasteiger partial charge in [0, 0.05) is 16.9 Å². The molecule has 3 heteroatoms. The van der Waals surface area contributed by atoms with Crippen LogP contribution in [0.2, 0.25) is 0 Å². The molecule has 0 radical (unpaired) electrons. The number of amides is 1. The first-order chi connectivity index (χ1) is 9.50. The van der Waals surface area contributed by atoms with Crippen LogP contribution in [-0.4, -0.2) is 27.7 Å². The minimum Gasteiger partial charge on any atom is -0.336 e. The Balaban J connectivity index is 1.86. The molecule has 2 heterocycles. The maximum Gasteiger partial charge on any atom is 0.233 e. The van der Waals surface area contributed by atoms with Gasteiger partial charge in [0.1, 0.15) is 0 Å². The van der Waals surface area contributed by atoms with Gasteiger partial charge in [-0.15, -0.1) is 0 Å². The Morgan fingerprint density at radius 3 is 2.25 bits per heavy atom. The molecule has 1 aromatic carbocycles. The molecule has 108 valence electrons. The number of halogens is 1. The van der Waals surface area contributed by atoms with Crippen LogP contribution in [0.1, 0.15) is 45.1 Å². The minimum absolute atomic E-state index is 0.301. The van der Waals surface area contributed by atoms with E-state index in [0.717, 1.165) is 18.4 Å². The molecule has 2 fully saturated rings. The van der Waals surface area contributed by atoms with E-state index in [1.54, 1.807) is 0 Å². The lowest BCUT2D eigenvalue weighted by atomic mass is 9.82. The van der Waals surface area contributed by atoms with Gasteiger partial charge in [-0.05, 0) is 45.1 Å². The third-order valence-electron chi connectivity index (χ3n) is 4.94. The monoisotopic (exact) mass is 335 g/mol. The number of benzene rings is 1.